The number of rotatable bonds is 3. The molecule has 5 heteroatoms. The average molecular weight is 360 g/mol. The molecule has 0 bridgehead atoms. The lowest BCUT2D eigenvalue weighted by molar-refractivity contribution is 0.574. The van der Waals surface area contributed by atoms with Crippen LogP contribution in [0.5, 0.6) is 0 Å². The van der Waals surface area contributed by atoms with E-state index in [1.54, 1.807) is 6.07 Å². The minimum atomic E-state index is -0.571. The summed E-state index contributed by atoms with van der Waals surface area (Å²) < 4.78 is 27.1. The van der Waals surface area contributed by atoms with Crippen LogP contribution in [-0.4, -0.2) is 0 Å². The summed E-state index contributed by atoms with van der Waals surface area (Å²) in [6, 6.07) is 8.98. The molecule has 0 aliphatic rings. The molecule has 94 valence electrons. The topological polar surface area (TPSA) is 38.0 Å². The quantitative estimate of drug-likeness (QED) is 0.646. The van der Waals surface area contributed by atoms with Crippen LogP contribution < -0.4 is 11.1 Å². The fraction of sp³-hybridized carbons (Fsp3) is 0.0769. The van der Waals surface area contributed by atoms with Gasteiger partial charge in [-0.15, -0.1) is 0 Å². The molecule has 0 aromatic heterocycles. The van der Waals surface area contributed by atoms with Crippen molar-refractivity contribution >= 4 is 34.0 Å². The number of nitrogens with one attached hydrogen (secondary N) is 1. The molecule has 0 amide bonds. The highest BCUT2D eigenvalue weighted by molar-refractivity contribution is 14.1. The largest absolute Gasteiger partial charge is 0.399 e. The lowest BCUT2D eigenvalue weighted by atomic mass is 10.2. The predicted octanol–water partition coefficient (Wildman–Crippen LogP) is 3.76. The minimum Gasteiger partial charge on any atom is -0.399 e. The Morgan fingerprint density at radius 1 is 1.11 bits per heavy atom. The van der Waals surface area contributed by atoms with Gasteiger partial charge in [0.1, 0.15) is 11.6 Å². The van der Waals surface area contributed by atoms with E-state index < -0.39 is 11.6 Å². The second kappa shape index (κ2) is 5.51. The van der Waals surface area contributed by atoms with Gasteiger partial charge in [0.05, 0.1) is 0 Å². The maximum absolute atomic E-state index is 13.4. The summed E-state index contributed by atoms with van der Waals surface area (Å²) in [6.45, 7) is 0.298. The zero-order chi connectivity index (χ0) is 13.1. The molecule has 2 rings (SSSR count). The third-order valence-corrected chi connectivity index (χ3v) is 3.37. The van der Waals surface area contributed by atoms with Crippen molar-refractivity contribution in [3.63, 3.8) is 0 Å². The minimum absolute atomic E-state index is 0.298. The smallest absolute Gasteiger partial charge is 0.131 e. The maximum atomic E-state index is 13.4. The molecule has 0 spiro atoms. The van der Waals surface area contributed by atoms with E-state index >= 15 is 0 Å². The standard InChI is InChI=1S/C13H11F2IN2/c14-9-2-1-8(11(15)5-9)7-18-13-4-3-10(17)6-12(13)16/h1-6,18H,7,17H2. The molecule has 0 atom stereocenters. The number of hydrogen-bond acceptors (Lipinski definition) is 2. The van der Waals surface area contributed by atoms with Gasteiger partial charge in [-0.25, -0.2) is 8.78 Å². The van der Waals surface area contributed by atoms with Crippen molar-refractivity contribution in [1.29, 1.82) is 0 Å². The van der Waals surface area contributed by atoms with Crippen LogP contribution in [0.15, 0.2) is 36.4 Å². The van der Waals surface area contributed by atoms with Gasteiger partial charge >= 0.3 is 0 Å². The van der Waals surface area contributed by atoms with Crippen LogP contribution in [0.1, 0.15) is 5.56 Å². The molecule has 0 unspecified atom stereocenters. The van der Waals surface area contributed by atoms with Gasteiger partial charge in [-0.1, -0.05) is 6.07 Å². The van der Waals surface area contributed by atoms with Gasteiger partial charge in [-0.05, 0) is 46.9 Å². The Balaban J connectivity index is 2.11. The number of benzene rings is 2. The van der Waals surface area contributed by atoms with Crippen LogP contribution in [0.2, 0.25) is 0 Å². The van der Waals surface area contributed by atoms with Crippen molar-refractivity contribution in [2.45, 2.75) is 6.54 Å². The Morgan fingerprint density at radius 2 is 1.89 bits per heavy atom. The van der Waals surface area contributed by atoms with E-state index in [0.29, 0.717) is 17.8 Å². The van der Waals surface area contributed by atoms with E-state index in [9.17, 15) is 8.78 Å². The van der Waals surface area contributed by atoms with E-state index in [0.717, 1.165) is 15.3 Å². The zero-order valence-electron chi connectivity index (χ0n) is 9.38. The Hall–Kier alpha value is -1.37. The number of halogens is 3. The van der Waals surface area contributed by atoms with Crippen LogP contribution in [0, 0.1) is 15.2 Å². The first-order chi connectivity index (χ1) is 8.56. The number of nitrogens with two attached hydrogens (primary N) is 1. The van der Waals surface area contributed by atoms with Gasteiger partial charge in [0.2, 0.25) is 0 Å². The van der Waals surface area contributed by atoms with Crippen LogP contribution in [0.3, 0.4) is 0 Å². The summed E-state index contributed by atoms with van der Waals surface area (Å²) in [5.74, 6) is -1.12. The van der Waals surface area contributed by atoms with Gasteiger partial charge in [0, 0.05) is 33.1 Å². The van der Waals surface area contributed by atoms with Crippen molar-refractivity contribution in [1.82, 2.24) is 0 Å². The molecule has 0 aliphatic carbocycles. The van der Waals surface area contributed by atoms with Crippen LogP contribution in [-0.2, 0) is 6.54 Å². The van der Waals surface area contributed by atoms with Crippen molar-refractivity contribution in [2.24, 2.45) is 0 Å². The third kappa shape index (κ3) is 3.10. The Morgan fingerprint density at radius 3 is 2.56 bits per heavy atom. The summed E-state index contributed by atoms with van der Waals surface area (Å²) in [6.07, 6.45) is 0. The molecule has 0 saturated carbocycles. The van der Waals surface area contributed by atoms with E-state index in [2.05, 4.69) is 27.9 Å². The molecule has 0 radical (unpaired) electrons. The van der Waals surface area contributed by atoms with Crippen molar-refractivity contribution in [2.75, 3.05) is 11.1 Å². The summed E-state index contributed by atoms with van der Waals surface area (Å²) in [7, 11) is 0. The summed E-state index contributed by atoms with van der Waals surface area (Å²) in [4.78, 5) is 0. The van der Waals surface area contributed by atoms with Crippen molar-refractivity contribution in [3.8, 4) is 0 Å². The first-order valence-corrected chi connectivity index (χ1v) is 6.37. The third-order valence-electron chi connectivity index (χ3n) is 2.48. The molecule has 0 aliphatic heterocycles. The fourth-order valence-corrected chi connectivity index (χ4v) is 2.26. The normalized spacial score (nSPS) is 10.4. The lowest BCUT2D eigenvalue weighted by Gasteiger charge is -2.10. The fourth-order valence-electron chi connectivity index (χ4n) is 1.53. The SMILES string of the molecule is Nc1ccc(NCc2ccc(F)cc2F)c(I)c1. The number of anilines is 2. The van der Waals surface area contributed by atoms with Gasteiger partial charge < -0.3 is 11.1 Å². The van der Waals surface area contributed by atoms with Crippen molar-refractivity contribution < 1.29 is 8.78 Å². The Bertz CT molecular complexity index is 521. The molecule has 2 aromatic rings. The number of nitrogen functional groups attached to an aromatic ring is 1. The molecule has 2 nitrogen and oxygen atoms in total. The summed E-state index contributed by atoms with van der Waals surface area (Å²) in [5, 5.41) is 3.09. The van der Waals surface area contributed by atoms with Gasteiger partial charge in [0.25, 0.3) is 0 Å². The average Bonchev–Trinajstić information content (AvgIpc) is 2.30. The first-order valence-electron chi connectivity index (χ1n) is 5.29. The van der Waals surface area contributed by atoms with Crippen LogP contribution in [0.4, 0.5) is 20.2 Å². The van der Waals surface area contributed by atoms with Gasteiger partial charge in [-0.3, -0.25) is 0 Å². The highest BCUT2D eigenvalue weighted by Crippen LogP contribution is 2.21. The Labute approximate surface area is 117 Å². The molecule has 3 N–H and O–H groups in total. The number of hydrogen-bond donors (Lipinski definition) is 2. The zero-order valence-corrected chi connectivity index (χ0v) is 11.5. The Kier molecular flexibility index (Phi) is 4.00. The van der Waals surface area contributed by atoms with Crippen LogP contribution in [0.25, 0.3) is 0 Å². The first kappa shape index (κ1) is 13.1. The monoisotopic (exact) mass is 360 g/mol. The molecule has 0 saturated heterocycles. The van der Waals surface area contributed by atoms with Gasteiger partial charge in [0.15, 0.2) is 0 Å². The lowest BCUT2D eigenvalue weighted by Crippen LogP contribution is -2.03. The molecular weight excluding hydrogens is 349 g/mol. The second-order valence-electron chi connectivity index (χ2n) is 3.83. The highest BCUT2D eigenvalue weighted by atomic mass is 127. The van der Waals surface area contributed by atoms with E-state index in [-0.39, 0.29) is 0 Å². The summed E-state index contributed by atoms with van der Waals surface area (Å²) >= 11 is 2.15. The molecule has 2 aromatic carbocycles. The second-order valence-corrected chi connectivity index (χ2v) is 4.99. The molecule has 0 fully saturated rings. The maximum Gasteiger partial charge on any atom is 0.131 e. The predicted molar refractivity (Wildman–Crippen MR) is 77.3 cm³/mol. The van der Waals surface area contributed by atoms with Crippen LogP contribution >= 0.6 is 22.6 Å². The highest BCUT2D eigenvalue weighted by Gasteiger charge is 2.05. The van der Waals surface area contributed by atoms with Crippen molar-refractivity contribution in [3.05, 3.63) is 57.2 Å². The van der Waals surface area contributed by atoms with E-state index in [4.69, 9.17) is 5.73 Å². The summed E-state index contributed by atoms with van der Waals surface area (Å²) in [5.41, 5.74) is 7.61. The van der Waals surface area contributed by atoms with E-state index in [1.807, 2.05) is 12.1 Å². The molecule has 18 heavy (non-hydrogen) atoms. The molecule has 0 heterocycles. The van der Waals surface area contributed by atoms with E-state index in [1.165, 1.54) is 12.1 Å². The van der Waals surface area contributed by atoms with Gasteiger partial charge in [-0.2, -0.15) is 0 Å². The molecular formula is C13H11F2IN2.